The Morgan fingerprint density at radius 1 is 1.55 bits per heavy atom. The van der Waals surface area contributed by atoms with Crippen LogP contribution in [-0.4, -0.2) is 16.9 Å². The highest BCUT2D eigenvalue weighted by Crippen LogP contribution is 2.35. The molecular formula is C9H17NO. The number of nitrogens with one attached hydrogen (secondary N) is 1. The highest BCUT2D eigenvalue weighted by Gasteiger charge is 2.35. The predicted molar refractivity (Wildman–Crippen MR) is 45.9 cm³/mol. The second kappa shape index (κ2) is 2.59. The average Bonchev–Trinajstić information content (AvgIpc) is 1.81. The van der Waals surface area contributed by atoms with Gasteiger partial charge in [0.2, 0.25) is 0 Å². The molecule has 0 aromatic rings. The molecule has 0 spiro atoms. The van der Waals surface area contributed by atoms with Gasteiger partial charge in [-0.15, -0.1) is 0 Å². The van der Waals surface area contributed by atoms with Crippen LogP contribution in [0.25, 0.3) is 0 Å². The molecule has 1 aliphatic rings. The van der Waals surface area contributed by atoms with E-state index in [1.165, 1.54) is 0 Å². The van der Waals surface area contributed by atoms with Crippen LogP contribution in [0.15, 0.2) is 0 Å². The van der Waals surface area contributed by atoms with Crippen molar-refractivity contribution in [1.82, 2.24) is 0 Å². The predicted octanol–water partition coefficient (Wildman–Crippen LogP) is 1.82. The molecule has 0 aliphatic heterocycles. The average molecular weight is 155 g/mol. The lowest BCUT2D eigenvalue weighted by Gasteiger charge is -2.37. The maximum atomic E-state index is 9.44. The maximum absolute atomic E-state index is 9.44. The molecule has 0 aromatic carbocycles. The summed E-state index contributed by atoms with van der Waals surface area (Å²) in [5, 5.41) is 17.2. The quantitative estimate of drug-likeness (QED) is 0.550. The van der Waals surface area contributed by atoms with E-state index in [0.717, 1.165) is 18.6 Å². The summed E-state index contributed by atoms with van der Waals surface area (Å²) in [6.07, 6.45) is 1.31. The molecule has 2 heteroatoms. The van der Waals surface area contributed by atoms with Crippen molar-refractivity contribution in [2.75, 3.05) is 0 Å². The van der Waals surface area contributed by atoms with Crippen molar-refractivity contribution in [2.45, 2.75) is 39.7 Å². The third-order valence-corrected chi connectivity index (χ3v) is 2.59. The number of rotatable bonds is 0. The zero-order valence-electron chi connectivity index (χ0n) is 7.52. The summed E-state index contributed by atoms with van der Waals surface area (Å²) < 4.78 is 0. The van der Waals surface area contributed by atoms with Crippen LogP contribution in [0.3, 0.4) is 0 Å². The van der Waals surface area contributed by atoms with Crippen LogP contribution in [0.1, 0.15) is 33.6 Å². The van der Waals surface area contributed by atoms with Gasteiger partial charge in [-0.25, -0.2) is 0 Å². The molecule has 1 aliphatic carbocycles. The van der Waals surface area contributed by atoms with Gasteiger partial charge in [-0.1, -0.05) is 20.8 Å². The van der Waals surface area contributed by atoms with Crippen LogP contribution in [0, 0.1) is 16.7 Å². The molecule has 0 heterocycles. The molecule has 0 radical (unpaired) electrons. The molecule has 1 rings (SSSR count). The van der Waals surface area contributed by atoms with Crippen molar-refractivity contribution in [3.63, 3.8) is 0 Å². The Morgan fingerprint density at radius 3 is 2.55 bits per heavy atom. The van der Waals surface area contributed by atoms with Crippen molar-refractivity contribution < 1.29 is 5.11 Å². The molecule has 64 valence electrons. The SMILES string of the molecule is CC1CC(O)CC(C)(C)C1=N. The first-order chi connectivity index (χ1) is 4.93. The smallest absolute Gasteiger partial charge is 0.0555 e. The fourth-order valence-electron chi connectivity index (χ4n) is 1.98. The van der Waals surface area contributed by atoms with Gasteiger partial charge in [-0.05, 0) is 18.8 Å². The molecule has 0 saturated heterocycles. The summed E-state index contributed by atoms with van der Waals surface area (Å²) in [6.45, 7) is 6.09. The fraction of sp³-hybridized carbons (Fsp3) is 0.889. The van der Waals surface area contributed by atoms with Gasteiger partial charge in [0.15, 0.2) is 0 Å². The van der Waals surface area contributed by atoms with Crippen LogP contribution >= 0.6 is 0 Å². The molecule has 1 fully saturated rings. The lowest BCUT2D eigenvalue weighted by molar-refractivity contribution is 0.101. The molecule has 1 saturated carbocycles. The number of aliphatic hydroxyl groups excluding tert-OH is 1. The summed E-state index contributed by atoms with van der Waals surface area (Å²) in [6, 6.07) is 0. The van der Waals surface area contributed by atoms with Gasteiger partial charge in [0.25, 0.3) is 0 Å². The molecule has 2 unspecified atom stereocenters. The van der Waals surface area contributed by atoms with E-state index in [-0.39, 0.29) is 17.4 Å². The monoisotopic (exact) mass is 155 g/mol. The van der Waals surface area contributed by atoms with Gasteiger partial charge in [0.05, 0.1) is 6.10 Å². The van der Waals surface area contributed by atoms with Gasteiger partial charge in [-0.3, -0.25) is 0 Å². The standard InChI is InChI=1S/C9H17NO/c1-6-4-7(11)5-9(2,3)8(6)10/h6-7,10-11H,4-5H2,1-3H3. The third-order valence-electron chi connectivity index (χ3n) is 2.59. The molecular weight excluding hydrogens is 138 g/mol. The highest BCUT2D eigenvalue weighted by atomic mass is 16.3. The van der Waals surface area contributed by atoms with Crippen LogP contribution in [0.2, 0.25) is 0 Å². The van der Waals surface area contributed by atoms with Gasteiger partial charge < -0.3 is 10.5 Å². The third kappa shape index (κ3) is 1.62. The van der Waals surface area contributed by atoms with E-state index in [1.807, 2.05) is 20.8 Å². The summed E-state index contributed by atoms with van der Waals surface area (Å²) in [5.41, 5.74) is 0.708. The van der Waals surface area contributed by atoms with Gasteiger partial charge in [-0.2, -0.15) is 0 Å². The molecule has 2 N–H and O–H groups in total. The minimum atomic E-state index is -0.200. The first kappa shape index (κ1) is 8.72. The molecule has 11 heavy (non-hydrogen) atoms. The fourth-order valence-corrected chi connectivity index (χ4v) is 1.98. The lowest BCUT2D eigenvalue weighted by atomic mass is 9.70. The zero-order valence-corrected chi connectivity index (χ0v) is 7.52. The largest absolute Gasteiger partial charge is 0.393 e. The van der Waals surface area contributed by atoms with Crippen LogP contribution in [-0.2, 0) is 0 Å². The van der Waals surface area contributed by atoms with Crippen LogP contribution in [0.4, 0.5) is 0 Å². The van der Waals surface area contributed by atoms with Crippen LogP contribution in [0.5, 0.6) is 0 Å². The van der Waals surface area contributed by atoms with E-state index in [4.69, 9.17) is 5.41 Å². The second-order valence-corrected chi connectivity index (χ2v) is 4.29. The molecule has 2 atom stereocenters. The zero-order chi connectivity index (χ0) is 8.65. The van der Waals surface area contributed by atoms with E-state index in [0.29, 0.717) is 0 Å². The maximum Gasteiger partial charge on any atom is 0.0555 e. The highest BCUT2D eigenvalue weighted by molar-refractivity contribution is 5.89. The summed E-state index contributed by atoms with van der Waals surface area (Å²) in [7, 11) is 0. The Morgan fingerprint density at radius 2 is 2.09 bits per heavy atom. The number of hydrogen-bond donors (Lipinski definition) is 2. The first-order valence-electron chi connectivity index (χ1n) is 4.20. The van der Waals surface area contributed by atoms with Crippen molar-refractivity contribution in [3.05, 3.63) is 0 Å². The van der Waals surface area contributed by atoms with Gasteiger partial charge >= 0.3 is 0 Å². The van der Waals surface area contributed by atoms with Gasteiger partial charge in [0, 0.05) is 11.1 Å². The summed E-state index contributed by atoms with van der Waals surface area (Å²) in [4.78, 5) is 0. The van der Waals surface area contributed by atoms with E-state index in [2.05, 4.69) is 0 Å². The normalized spacial score (nSPS) is 37.3. The van der Waals surface area contributed by atoms with E-state index in [1.54, 1.807) is 0 Å². The minimum absolute atomic E-state index is 0.0862. The van der Waals surface area contributed by atoms with Crippen molar-refractivity contribution in [2.24, 2.45) is 11.3 Å². The van der Waals surface area contributed by atoms with Crippen LogP contribution < -0.4 is 0 Å². The molecule has 0 aromatic heterocycles. The Hall–Kier alpha value is -0.370. The number of hydrogen-bond acceptors (Lipinski definition) is 2. The van der Waals surface area contributed by atoms with Gasteiger partial charge in [0.1, 0.15) is 0 Å². The lowest BCUT2D eigenvalue weighted by Crippen LogP contribution is -2.39. The Kier molecular flexibility index (Phi) is 2.06. The molecule has 0 bridgehead atoms. The molecule has 2 nitrogen and oxygen atoms in total. The Labute approximate surface area is 68.1 Å². The van der Waals surface area contributed by atoms with Crippen molar-refractivity contribution >= 4 is 5.71 Å². The molecule has 0 amide bonds. The van der Waals surface area contributed by atoms with E-state index < -0.39 is 0 Å². The number of aliphatic hydroxyl groups is 1. The minimum Gasteiger partial charge on any atom is -0.393 e. The first-order valence-corrected chi connectivity index (χ1v) is 4.20. The Balaban J connectivity index is 2.75. The van der Waals surface area contributed by atoms with E-state index >= 15 is 0 Å². The van der Waals surface area contributed by atoms with Crippen molar-refractivity contribution in [1.29, 1.82) is 5.41 Å². The van der Waals surface area contributed by atoms with E-state index in [9.17, 15) is 5.11 Å². The topological polar surface area (TPSA) is 44.1 Å². The second-order valence-electron chi connectivity index (χ2n) is 4.29. The van der Waals surface area contributed by atoms with Crippen molar-refractivity contribution in [3.8, 4) is 0 Å². The summed E-state index contributed by atoms with van der Waals surface area (Å²) in [5.74, 6) is 0.258. The Bertz CT molecular complexity index is 174. The summed E-state index contributed by atoms with van der Waals surface area (Å²) >= 11 is 0.